The summed E-state index contributed by atoms with van der Waals surface area (Å²) in [7, 11) is 0. The number of carboxylic acids is 1. The summed E-state index contributed by atoms with van der Waals surface area (Å²) in [6.45, 7) is 1.69. The van der Waals surface area contributed by atoms with Crippen LogP contribution in [0.1, 0.15) is 24.0 Å². The van der Waals surface area contributed by atoms with Crippen LogP contribution in [-0.2, 0) is 11.2 Å². The molecule has 1 aromatic rings. The maximum Gasteiger partial charge on any atom is 0.303 e. The van der Waals surface area contributed by atoms with Crippen molar-refractivity contribution >= 4 is 21.9 Å². The van der Waals surface area contributed by atoms with Gasteiger partial charge in [-0.05, 0) is 37.0 Å². The van der Waals surface area contributed by atoms with Gasteiger partial charge in [-0.15, -0.1) is 0 Å². The average Bonchev–Trinajstić information content (AvgIpc) is 2.18. The van der Waals surface area contributed by atoms with Crippen LogP contribution >= 0.6 is 15.9 Å². The monoisotopic (exact) mass is 274 g/mol. The molecule has 0 atom stereocenters. The third-order valence-electron chi connectivity index (χ3n) is 2.24. The second-order valence-electron chi connectivity index (χ2n) is 3.39. The molecule has 0 bridgehead atoms. The molecule has 0 amide bonds. The first-order valence-electron chi connectivity index (χ1n) is 4.67. The molecule has 82 valence electrons. The fourth-order valence-electron chi connectivity index (χ4n) is 1.34. The molecule has 2 nitrogen and oxygen atoms in total. The number of carboxylic acid groups (broad SMARTS) is 1. The fraction of sp³-hybridized carbons (Fsp3) is 0.364. The molecule has 0 saturated heterocycles. The van der Waals surface area contributed by atoms with Crippen LogP contribution in [0.4, 0.5) is 4.39 Å². The number of hydrogen-bond donors (Lipinski definition) is 1. The topological polar surface area (TPSA) is 37.3 Å². The van der Waals surface area contributed by atoms with Crippen molar-refractivity contribution in [3.05, 3.63) is 33.5 Å². The van der Waals surface area contributed by atoms with Crippen LogP contribution in [0.2, 0.25) is 0 Å². The van der Waals surface area contributed by atoms with E-state index in [1.165, 1.54) is 6.07 Å². The van der Waals surface area contributed by atoms with E-state index in [1.807, 2.05) is 0 Å². The van der Waals surface area contributed by atoms with Crippen LogP contribution in [0.25, 0.3) is 0 Å². The van der Waals surface area contributed by atoms with Crippen molar-refractivity contribution in [2.45, 2.75) is 26.2 Å². The van der Waals surface area contributed by atoms with Gasteiger partial charge in [0.05, 0.1) is 0 Å². The average molecular weight is 275 g/mol. The minimum atomic E-state index is -0.801. The number of rotatable bonds is 4. The first-order chi connectivity index (χ1) is 7.02. The zero-order chi connectivity index (χ0) is 11.4. The van der Waals surface area contributed by atoms with Crippen LogP contribution in [0.15, 0.2) is 16.6 Å². The van der Waals surface area contributed by atoms with E-state index < -0.39 is 5.97 Å². The van der Waals surface area contributed by atoms with Crippen molar-refractivity contribution in [3.63, 3.8) is 0 Å². The number of halogens is 2. The van der Waals surface area contributed by atoms with Crippen LogP contribution in [0.5, 0.6) is 0 Å². The summed E-state index contributed by atoms with van der Waals surface area (Å²) in [6.07, 6.45) is 1.36. The molecule has 1 N–H and O–H groups in total. The van der Waals surface area contributed by atoms with E-state index in [4.69, 9.17) is 5.11 Å². The summed E-state index contributed by atoms with van der Waals surface area (Å²) >= 11 is 3.31. The Hall–Kier alpha value is -0.900. The standard InChI is InChI=1S/C11H12BrFO2/c1-7-9(13)6-5-8(11(7)12)3-2-4-10(14)15/h5-6H,2-4H2,1H3,(H,14,15). The Morgan fingerprint density at radius 2 is 2.20 bits per heavy atom. The molecular weight excluding hydrogens is 263 g/mol. The van der Waals surface area contributed by atoms with E-state index in [9.17, 15) is 9.18 Å². The number of aryl methyl sites for hydroxylation is 1. The van der Waals surface area contributed by atoms with Crippen molar-refractivity contribution in [2.24, 2.45) is 0 Å². The predicted molar refractivity (Wildman–Crippen MR) is 59.4 cm³/mol. The lowest BCUT2D eigenvalue weighted by atomic mass is 10.1. The highest BCUT2D eigenvalue weighted by molar-refractivity contribution is 9.10. The van der Waals surface area contributed by atoms with Gasteiger partial charge in [0.2, 0.25) is 0 Å². The van der Waals surface area contributed by atoms with E-state index >= 15 is 0 Å². The van der Waals surface area contributed by atoms with Gasteiger partial charge in [-0.2, -0.15) is 0 Å². The Balaban J connectivity index is 2.70. The molecule has 0 aliphatic rings. The van der Waals surface area contributed by atoms with Gasteiger partial charge in [0.25, 0.3) is 0 Å². The molecule has 1 aromatic carbocycles. The first kappa shape index (κ1) is 12.2. The van der Waals surface area contributed by atoms with Crippen molar-refractivity contribution in [1.29, 1.82) is 0 Å². The van der Waals surface area contributed by atoms with Gasteiger partial charge in [-0.1, -0.05) is 22.0 Å². The summed E-state index contributed by atoms with van der Waals surface area (Å²) in [5.74, 6) is -1.05. The molecule has 0 saturated carbocycles. The van der Waals surface area contributed by atoms with E-state index in [1.54, 1.807) is 13.0 Å². The summed E-state index contributed by atoms with van der Waals surface area (Å²) in [5.41, 5.74) is 1.53. The summed E-state index contributed by atoms with van der Waals surface area (Å²) in [6, 6.07) is 3.10. The smallest absolute Gasteiger partial charge is 0.303 e. The molecule has 0 spiro atoms. The maximum absolute atomic E-state index is 13.1. The number of aliphatic carboxylic acids is 1. The molecule has 0 aliphatic heterocycles. The lowest BCUT2D eigenvalue weighted by molar-refractivity contribution is -0.137. The minimum absolute atomic E-state index is 0.142. The molecule has 0 unspecified atom stereocenters. The van der Waals surface area contributed by atoms with E-state index in [0.29, 0.717) is 18.4 Å². The van der Waals surface area contributed by atoms with E-state index in [0.717, 1.165) is 10.0 Å². The Bertz CT molecular complexity index is 377. The normalized spacial score (nSPS) is 10.3. The molecule has 0 aromatic heterocycles. The molecule has 15 heavy (non-hydrogen) atoms. The predicted octanol–water partition coefficient (Wildman–Crippen LogP) is 3.30. The summed E-state index contributed by atoms with van der Waals surface area (Å²) in [5, 5.41) is 8.49. The third-order valence-corrected chi connectivity index (χ3v) is 3.34. The van der Waals surface area contributed by atoms with Crippen LogP contribution in [0.3, 0.4) is 0 Å². The SMILES string of the molecule is Cc1c(F)ccc(CCCC(=O)O)c1Br. The van der Waals surface area contributed by atoms with Gasteiger partial charge >= 0.3 is 5.97 Å². The lowest BCUT2D eigenvalue weighted by Gasteiger charge is -2.07. The first-order valence-corrected chi connectivity index (χ1v) is 5.47. The highest BCUT2D eigenvalue weighted by Crippen LogP contribution is 2.24. The zero-order valence-electron chi connectivity index (χ0n) is 8.39. The third kappa shape index (κ3) is 3.30. The Labute approximate surface area is 96.2 Å². The number of carbonyl (C=O) groups is 1. The Kier molecular flexibility index (Phi) is 4.27. The van der Waals surface area contributed by atoms with Gasteiger partial charge in [-0.3, -0.25) is 4.79 Å². The Morgan fingerprint density at radius 3 is 2.80 bits per heavy atom. The van der Waals surface area contributed by atoms with Gasteiger partial charge in [0.1, 0.15) is 5.82 Å². The van der Waals surface area contributed by atoms with Crippen molar-refractivity contribution in [3.8, 4) is 0 Å². The van der Waals surface area contributed by atoms with Crippen molar-refractivity contribution in [2.75, 3.05) is 0 Å². The van der Waals surface area contributed by atoms with Gasteiger partial charge in [-0.25, -0.2) is 4.39 Å². The van der Waals surface area contributed by atoms with Crippen LogP contribution in [-0.4, -0.2) is 11.1 Å². The second-order valence-corrected chi connectivity index (χ2v) is 4.19. The quantitative estimate of drug-likeness (QED) is 0.915. The van der Waals surface area contributed by atoms with Gasteiger partial charge < -0.3 is 5.11 Å². The highest BCUT2D eigenvalue weighted by atomic mass is 79.9. The maximum atomic E-state index is 13.1. The summed E-state index contributed by atoms with van der Waals surface area (Å²) in [4.78, 5) is 10.3. The number of hydrogen-bond acceptors (Lipinski definition) is 1. The molecule has 0 aliphatic carbocycles. The number of benzene rings is 1. The van der Waals surface area contributed by atoms with E-state index in [2.05, 4.69) is 15.9 Å². The van der Waals surface area contributed by atoms with E-state index in [-0.39, 0.29) is 12.2 Å². The molecule has 0 heterocycles. The van der Waals surface area contributed by atoms with Crippen molar-refractivity contribution < 1.29 is 14.3 Å². The summed E-state index contributed by atoms with van der Waals surface area (Å²) < 4.78 is 13.8. The van der Waals surface area contributed by atoms with Crippen molar-refractivity contribution in [1.82, 2.24) is 0 Å². The molecule has 4 heteroatoms. The largest absolute Gasteiger partial charge is 0.481 e. The lowest BCUT2D eigenvalue weighted by Crippen LogP contribution is -1.97. The van der Waals surface area contributed by atoms with Gasteiger partial charge in [0, 0.05) is 10.9 Å². The minimum Gasteiger partial charge on any atom is -0.481 e. The zero-order valence-corrected chi connectivity index (χ0v) is 9.97. The molecule has 0 fully saturated rings. The Morgan fingerprint density at radius 1 is 1.53 bits per heavy atom. The molecular formula is C11H12BrFO2. The second kappa shape index (κ2) is 5.26. The fourth-order valence-corrected chi connectivity index (χ4v) is 1.86. The van der Waals surface area contributed by atoms with Crippen LogP contribution in [0, 0.1) is 12.7 Å². The van der Waals surface area contributed by atoms with Crippen LogP contribution < -0.4 is 0 Å². The van der Waals surface area contributed by atoms with Gasteiger partial charge in [0.15, 0.2) is 0 Å². The highest BCUT2D eigenvalue weighted by Gasteiger charge is 2.07. The molecule has 1 rings (SSSR count). The molecule has 0 radical (unpaired) electrons.